The third-order valence-corrected chi connectivity index (χ3v) is 6.39. The fourth-order valence-corrected chi connectivity index (χ4v) is 5.07. The van der Waals surface area contributed by atoms with Gasteiger partial charge in [0.2, 0.25) is 10.0 Å². The van der Waals surface area contributed by atoms with Crippen LogP contribution in [0.2, 0.25) is 0 Å². The van der Waals surface area contributed by atoms with Crippen molar-refractivity contribution in [3.8, 4) is 0 Å². The molecular weight excluding hydrogens is 304 g/mol. The molecule has 2 atom stereocenters. The Balaban J connectivity index is 2.05. The lowest BCUT2D eigenvalue weighted by atomic mass is 9.87. The maximum atomic E-state index is 13.8. The highest BCUT2D eigenvalue weighted by atomic mass is 32.2. The Kier molecular flexibility index (Phi) is 4.87. The number of sulfonamides is 1. The van der Waals surface area contributed by atoms with Gasteiger partial charge in [-0.15, -0.1) is 0 Å². The molecule has 1 aliphatic carbocycles. The van der Waals surface area contributed by atoms with Crippen LogP contribution >= 0.6 is 0 Å². The first kappa shape index (κ1) is 16.6. The monoisotopic (exact) mass is 325 g/mol. The predicted octanol–water partition coefficient (Wildman–Crippen LogP) is 1.94. The molecule has 0 amide bonds. The number of carbonyl (C=O) groups is 1. The van der Waals surface area contributed by atoms with Crippen LogP contribution in [0.1, 0.15) is 38.5 Å². The molecule has 1 saturated heterocycles. The quantitative estimate of drug-likeness (QED) is 0.857. The molecule has 1 aliphatic heterocycles. The van der Waals surface area contributed by atoms with E-state index in [-0.39, 0.29) is 25.9 Å². The van der Waals surface area contributed by atoms with Crippen molar-refractivity contribution in [1.82, 2.24) is 4.31 Å². The topological polar surface area (TPSA) is 74.7 Å². The van der Waals surface area contributed by atoms with Gasteiger partial charge in [-0.3, -0.25) is 4.79 Å². The van der Waals surface area contributed by atoms with Crippen molar-refractivity contribution in [3.63, 3.8) is 0 Å². The second-order valence-electron chi connectivity index (χ2n) is 6.02. The summed E-state index contributed by atoms with van der Waals surface area (Å²) in [6.07, 6.45) is 1.88. The Bertz CT molecular complexity index is 494. The maximum absolute atomic E-state index is 13.8. The number of carboxylic acid groups (broad SMARTS) is 1. The van der Waals surface area contributed by atoms with Gasteiger partial charge in [0.1, 0.15) is 0 Å². The van der Waals surface area contributed by atoms with Gasteiger partial charge in [0, 0.05) is 25.4 Å². The van der Waals surface area contributed by atoms with Crippen LogP contribution in [0, 0.1) is 11.8 Å². The number of carboxylic acids is 1. The fourth-order valence-electron chi connectivity index (χ4n) is 3.13. The Morgan fingerprint density at radius 1 is 1.24 bits per heavy atom. The highest BCUT2D eigenvalue weighted by Crippen LogP contribution is 2.39. The van der Waals surface area contributed by atoms with E-state index in [2.05, 4.69) is 0 Å². The average molecular weight is 325 g/mol. The van der Waals surface area contributed by atoms with Crippen LogP contribution in [-0.4, -0.2) is 48.6 Å². The van der Waals surface area contributed by atoms with Gasteiger partial charge in [-0.25, -0.2) is 21.5 Å². The molecule has 2 fully saturated rings. The van der Waals surface area contributed by atoms with Gasteiger partial charge >= 0.3 is 5.97 Å². The van der Waals surface area contributed by atoms with Crippen molar-refractivity contribution in [3.05, 3.63) is 0 Å². The number of nitrogens with zero attached hydrogens (tertiary/aromatic N) is 1. The van der Waals surface area contributed by atoms with Crippen molar-refractivity contribution in [1.29, 1.82) is 0 Å². The van der Waals surface area contributed by atoms with Gasteiger partial charge < -0.3 is 5.11 Å². The van der Waals surface area contributed by atoms with Crippen LogP contribution in [0.3, 0.4) is 0 Å². The van der Waals surface area contributed by atoms with Gasteiger partial charge in [-0.1, -0.05) is 6.42 Å². The van der Waals surface area contributed by atoms with Gasteiger partial charge in [0.15, 0.2) is 0 Å². The molecule has 0 spiro atoms. The third kappa shape index (κ3) is 3.91. The summed E-state index contributed by atoms with van der Waals surface area (Å²) in [5.41, 5.74) is 0. The first-order valence-corrected chi connectivity index (χ1v) is 8.92. The number of hydrogen-bond acceptors (Lipinski definition) is 3. The molecular formula is C13H21F2NO4S. The Labute approximate surface area is 123 Å². The van der Waals surface area contributed by atoms with E-state index >= 15 is 0 Å². The number of hydrogen-bond donors (Lipinski definition) is 1. The summed E-state index contributed by atoms with van der Waals surface area (Å²) in [7, 11) is -3.83. The normalized spacial score (nSPS) is 31.0. The maximum Gasteiger partial charge on any atom is 0.307 e. The van der Waals surface area contributed by atoms with E-state index < -0.39 is 39.5 Å². The molecule has 1 N–H and O–H groups in total. The molecule has 5 nitrogen and oxygen atoms in total. The summed E-state index contributed by atoms with van der Waals surface area (Å²) < 4.78 is 53.3. The van der Waals surface area contributed by atoms with Crippen LogP contribution in [0.25, 0.3) is 0 Å². The SMILES string of the molecule is O=C(O)C1CCCN(S(=O)(=O)CC2CCCCC2(F)F)C1. The van der Waals surface area contributed by atoms with Crippen LogP contribution in [0.4, 0.5) is 8.78 Å². The summed E-state index contributed by atoms with van der Waals surface area (Å²) in [5, 5.41) is 8.98. The van der Waals surface area contributed by atoms with E-state index in [1.54, 1.807) is 0 Å². The smallest absolute Gasteiger partial charge is 0.307 e. The van der Waals surface area contributed by atoms with E-state index in [1.165, 1.54) is 0 Å². The zero-order chi connectivity index (χ0) is 15.7. The lowest BCUT2D eigenvalue weighted by Gasteiger charge is -2.34. The number of rotatable bonds is 4. The molecule has 1 heterocycles. The second-order valence-corrected chi connectivity index (χ2v) is 8.03. The minimum Gasteiger partial charge on any atom is -0.481 e. The Morgan fingerprint density at radius 2 is 1.95 bits per heavy atom. The van der Waals surface area contributed by atoms with E-state index in [0.717, 1.165) is 4.31 Å². The minimum absolute atomic E-state index is 0.101. The molecule has 8 heteroatoms. The van der Waals surface area contributed by atoms with E-state index in [0.29, 0.717) is 25.7 Å². The summed E-state index contributed by atoms with van der Waals surface area (Å²) in [4.78, 5) is 11.0. The summed E-state index contributed by atoms with van der Waals surface area (Å²) >= 11 is 0. The summed E-state index contributed by atoms with van der Waals surface area (Å²) in [6, 6.07) is 0. The van der Waals surface area contributed by atoms with Gasteiger partial charge in [-0.2, -0.15) is 0 Å². The number of alkyl halides is 2. The lowest BCUT2D eigenvalue weighted by molar-refractivity contribution is -0.142. The van der Waals surface area contributed by atoms with E-state index in [1.807, 2.05) is 0 Å². The molecule has 2 aliphatic rings. The van der Waals surface area contributed by atoms with Crippen LogP contribution < -0.4 is 0 Å². The fraction of sp³-hybridized carbons (Fsp3) is 0.923. The van der Waals surface area contributed by atoms with Crippen molar-refractivity contribution in [2.75, 3.05) is 18.8 Å². The third-order valence-electron chi connectivity index (χ3n) is 4.45. The van der Waals surface area contributed by atoms with Gasteiger partial charge in [0.05, 0.1) is 11.7 Å². The zero-order valence-corrected chi connectivity index (χ0v) is 12.6. The van der Waals surface area contributed by atoms with Gasteiger partial charge in [0.25, 0.3) is 5.92 Å². The number of piperidine rings is 1. The zero-order valence-electron chi connectivity index (χ0n) is 11.8. The highest BCUT2D eigenvalue weighted by molar-refractivity contribution is 7.89. The van der Waals surface area contributed by atoms with E-state index in [4.69, 9.17) is 5.11 Å². The average Bonchev–Trinajstić information content (AvgIpc) is 2.41. The first-order chi connectivity index (χ1) is 9.72. The lowest BCUT2D eigenvalue weighted by Crippen LogP contribution is -2.46. The van der Waals surface area contributed by atoms with Crippen LogP contribution in [-0.2, 0) is 14.8 Å². The predicted molar refractivity (Wildman–Crippen MR) is 72.6 cm³/mol. The molecule has 122 valence electrons. The Hall–Kier alpha value is -0.760. The molecule has 2 unspecified atom stereocenters. The van der Waals surface area contributed by atoms with Crippen LogP contribution in [0.15, 0.2) is 0 Å². The molecule has 21 heavy (non-hydrogen) atoms. The molecule has 0 bridgehead atoms. The summed E-state index contributed by atoms with van der Waals surface area (Å²) in [6.45, 7) is 0.125. The first-order valence-electron chi connectivity index (χ1n) is 7.31. The van der Waals surface area contributed by atoms with E-state index in [9.17, 15) is 22.0 Å². The van der Waals surface area contributed by atoms with Crippen molar-refractivity contribution in [2.45, 2.75) is 44.4 Å². The molecule has 0 aromatic heterocycles. The number of halogens is 2. The molecule has 0 aromatic rings. The second kappa shape index (κ2) is 6.16. The van der Waals surface area contributed by atoms with Crippen molar-refractivity contribution >= 4 is 16.0 Å². The van der Waals surface area contributed by atoms with Crippen molar-refractivity contribution < 1.29 is 27.1 Å². The molecule has 1 saturated carbocycles. The summed E-state index contributed by atoms with van der Waals surface area (Å²) in [5.74, 6) is -6.43. The van der Waals surface area contributed by atoms with Crippen molar-refractivity contribution in [2.24, 2.45) is 11.8 Å². The minimum atomic E-state index is -3.83. The number of aliphatic carboxylic acids is 1. The standard InChI is InChI=1S/C13H21F2NO4S/c14-13(15)6-2-1-5-11(13)9-21(19,20)16-7-3-4-10(8-16)12(17)18/h10-11H,1-9H2,(H,17,18). The molecule has 0 radical (unpaired) electrons. The Morgan fingerprint density at radius 3 is 2.57 bits per heavy atom. The van der Waals surface area contributed by atoms with Gasteiger partial charge in [-0.05, 0) is 25.7 Å². The molecule has 0 aromatic carbocycles. The highest BCUT2D eigenvalue weighted by Gasteiger charge is 2.45. The van der Waals surface area contributed by atoms with Crippen LogP contribution in [0.5, 0.6) is 0 Å². The molecule has 2 rings (SSSR count). The largest absolute Gasteiger partial charge is 0.481 e.